The van der Waals surface area contributed by atoms with E-state index in [2.05, 4.69) is 137 Å². The van der Waals surface area contributed by atoms with Gasteiger partial charge in [0.05, 0.1) is 0 Å². The van der Waals surface area contributed by atoms with Crippen molar-refractivity contribution in [3.8, 4) is 11.5 Å². The fourth-order valence-electron chi connectivity index (χ4n) is 4.34. The molecule has 4 aromatic carbocycles. The quantitative estimate of drug-likeness (QED) is 0.248. The van der Waals surface area contributed by atoms with Crippen LogP contribution in [0.1, 0.15) is 27.7 Å². The first-order valence-corrected chi connectivity index (χ1v) is 14.4. The minimum atomic E-state index is -0.733. The Balaban J connectivity index is 1.81. The molecule has 0 fully saturated rings. The summed E-state index contributed by atoms with van der Waals surface area (Å²) >= 11 is 0. The van der Waals surface area contributed by atoms with Crippen LogP contribution in [0.5, 0.6) is 11.5 Å². The van der Waals surface area contributed by atoms with E-state index in [4.69, 9.17) is 4.74 Å². The van der Waals surface area contributed by atoms with Crippen LogP contribution in [0.2, 0.25) is 0 Å². The predicted molar refractivity (Wildman–Crippen MR) is 148 cm³/mol. The first-order valence-electron chi connectivity index (χ1n) is 11.6. The average molecular weight is 471 g/mol. The van der Waals surface area contributed by atoms with Crippen molar-refractivity contribution in [2.75, 3.05) is 0 Å². The highest BCUT2D eigenvalue weighted by Crippen LogP contribution is 2.48. The van der Waals surface area contributed by atoms with E-state index in [-0.39, 0.29) is 7.92 Å². The van der Waals surface area contributed by atoms with Crippen molar-refractivity contribution in [2.24, 2.45) is 0 Å². The lowest BCUT2D eigenvalue weighted by Crippen LogP contribution is -2.22. The van der Waals surface area contributed by atoms with Gasteiger partial charge in [-0.3, -0.25) is 0 Å². The van der Waals surface area contributed by atoms with Gasteiger partial charge in [-0.1, -0.05) is 133 Å². The molecular formula is C30H32OP2. The molecule has 0 amide bonds. The molecule has 0 bridgehead atoms. The first kappa shape index (κ1) is 23.7. The molecule has 0 saturated heterocycles. The number of hydrogen-bond acceptors (Lipinski definition) is 1. The normalized spacial score (nSPS) is 11.5. The van der Waals surface area contributed by atoms with Crippen molar-refractivity contribution < 1.29 is 4.74 Å². The summed E-state index contributed by atoms with van der Waals surface area (Å²) in [6, 6.07) is 38.8. The van der Waals surface area contributed by atoms with Crippen molar-refractivity contribution in [3.05, 3.63) is 109 Å². The molecule has 33 heavy (non-hydrogen) atoms. The van der Waals surface area contributed by atoms with Crippen LogP contribution < -0.4 is 26.0 Å². The highest BCUT2D eigenvalue weighted by atomic mass is 31.1. The third-order valence-electron chi connectivity index (χ3n) is 5.61. The van der Waals surface area contributed by atoms with Crippen LogP contribution >= 0.6 is 15.8 Å². The minimum Gasteiger partial charge on any atom is -0.456 e. The van der Waals surface area contributed by atoms with Crippen molar-refractivity contribution >= 4 is 37.1 Å². The molecule has 1 nitrogen and oxygen atoms in total. The maximum atomic E-state index is 6.78. The van der Waals surface area contributed by atoms with Crippen LogP contribution in [0.25, 0.3) is 0 Å². The highest BCUT2D eigenvalue weighted by molar-refractivity contribution is 7.80. The molecule has 0 atom stereocenters. The Bertz CT molecular complexity index is 1110. The van der Waals surface area contributed by atoms with Crippen LogP contribution in [0.4, 0.5) is 0 Å². The summed E-state index contributed by atoms with van der Waals surface area (Å²) in [7, 11) is -1.06. The van der Waals surface area contributed by atoms with Gasteiger partial charge in [-0.15, -0.1) is 0 Å². The molecule has 3 heteroatoms. The Labute approximate surface area is 201 Å². The lowest BCUT2D eigenvalue weighted by molar-refractivity contribution is 0.490. The van der Waals surface area contributed by atoms with Crippen molar-refractivity contribution in [2.45, 2.75) is 39.0 Å². The van der Waals surface area contributed by atoms with Gasteiger partial charge in [-0.2, -0.15) is 0 Å². The second-order valence-electron chi connectivity index (χ2n) is 8.64. The SMILES string of the molecule is CC(C)P(c1ccccc1Oc1ccccc1P(c1ccccc1)c1ccccc1)C(C)C. The fraction of sp³-hybridized carbons (Fsp3) is 0.200. The smallest absolute Gasteiger partial charge is 0.135 e. The van der Waals surface area contributed by atoms with E-state index in [1.54, 1.807) is 0 Å². The topological polar surface area (TPSA) is 9.23 Å². The van der Waals surface area contributed by atoms with Crippen LogP contribution in [-0.4, -0.2) is 11.3 Å². The molecule has 4 rings (SSSR count). The predicted octanol–water partition coefficient (Wildman–Crippen LogP) is 7.16. The van der Waals surface area contributed by atoms with Gasteiger partial charge < -0.3 is 4.74 Å². The van der Waals surface area contributed by atoms with E-state index < -0.39 is 7.92 Å². The lowest BCUT2D eigenvalue weighted by atomic mass is 10.3. The van der Waals surface area contributed by atoms with E-state index >= 15 is 0 Å². The van der Waals surface area contributed by atoms with Gasteiger partial charge in [0.1, 0.15) is 11.5 Å². The van der Waals surface area contributed by atoms with Gasteiger partial charge in [0, 0.05) is 10.6 Å². The van der Waals surface area contributed by atoms with Crippen LogP contribution in [-0.2, 0) is 0 Å². The van der Waals surface area contributed by atoms with E-state index in [0.29, 0.717) is 11.3 Å². The number of hydrogen-bond donors (Lipinski definition) is 0. The van der Waals surface area contributed by atoms with Gasteiger partial charge in [0.15, 0.2) is 0 Å². The molecule has 0 aliphatic heterocycles. The Morgan fingerprint density at radius 1 is 0.485 bits per heavy atom. The Morgan fingerprint density at radius 2 is 0.879 bits per heavy atom. The molecule has 168 valence electrons. The van der Waals surface area contributed by atoms with Gasteiger partial charge in [0.25, 0.3) is 0 Å². The largest absolute Gasteiger partial charge is 0.456 e. The van der Waals surface area contributed by atoms with Gasteiger partial charge in [-0.05, 0) is 42.0 Å². The standard InChI is InChI=1S/C30H32OP2/c1-23(2)32(24(3)4)29-21-13-11-19-27(29)31-28-20-12-14-22-30(28)33(25-15-7-5-8-16-25)26-17-9-6-10-18-26/h5-24H,1-4H3. The lowest BCUT2D eigenvalue weighted by Gasteiger charge is -2.28. The summed E-state index contributed by atoms with van der Waals surface area (Å²) in [4.78, 5) is 0. The zero-order chi connectivity index (χ0) is 23.2. The maximum Gasteiger partial charge on any atom is 0.135 e. The monoisotopic (exact) mass is 470 g/mol. The Kier molecular flexibility index (Phi) is 7.97. The molecule has 4 aromatic rings. The molecular weight excluding hydrogens is 438 g/mol. The van der Waals surface area contributed by atoms with Gasteiger partial charge >= 0.3 is 0 Å². The molecule has 0 heterocycles. The molecule has 0 aromatic heterocycles. The first-order chi connectivity index (χ1) is 16.1. The number of para-hydroxylation sites is 2. The molecule has 0 N–H and O–H groups in total. The second-order valence-corrected chi connectivity index (χ2v) is 14.2. The van der Waals surface area contributed by atoms with E-state index in [1.165, 1.54) is 21.2 Å². The van der Waals surface area contributed by atoms with Crippen molar-refractivity contribution in [1.29, 1.82) is 0 Å². The van der Waals surface area contributed by atoms with Gasteiger partial charge in [-0.25, -0.2) is 0 Å². The van der Waals surface area contributed by atoms with Crippen LogP contribution in [0.3, 0.4) is 0 Å². The summed E-state index contributed by atoms with van der Waals surface area (Å²) in [6.07, 6.45) is 0. The van der Waals surface area contributed by atoms with E-state index in [0.717, 1.165) is 11.5 Å². The third kappa shape index (κ3) is 5.55. The Hall–Kier alpha value is -2.46. The fourth-order valence-corrected chi connectivity index (χ4v) is 9.65. The molecule has 0 aliphatic carbocycles. The Morgan fingerprint density at radius 3 is 1.36 bits per heavy atom. The summed E-state index contributed by atoms with van der Waals surface area (Å²) in [5.74, 6) is 1.95. The number of rotatable bonds is 8. The molecule has 0 saturated carbocycles. The number of ether oxygens (including phenoxy) is 1. The molecule has 0 radical (unpaired) electrons. The van der Waals surface area contributed by atoms with Crippen LogP contribution in [0, 0.1) is 0 Å². The molecule has 0 unspecified atom stereocenters. The van der Waals surface area contributed by atoms with E-state index in [1.807, 2.05) is 0 Å². The average Bonchev–Trinajstić information content (AvgIpc) is 2.82. The summed E-state index contributed by atoms with van der Waals surface area (Å²) < 4.78 is 6.78. The zero-order valence-corrected chi connectivity index (χ0v) is 21.6. The molecule has 0 spiro atoms. The van der Waals surface area contributed by atoms with Crippen molar-refractivity contribution in [1.82, 2.24) is 0 Å². The summed E-state index contributed by atoms with van der Waals surface area (Å²) in [5.41, 5.74) is 1.21. The minimum absolute atomic E-state index is 0.323. The van der Waals surface area contributed by atoms with E-state index in [9.17, 15) is 0 Å². The zero-order valence-electron chi connectivity index (χ0n) is 19.8. The van der Waals surface area contributed by atoms with Crippen molar-refractivity contribution in [3.63, 3.8) is 0 Å². The number of benzene rings is 4. The summed E-state index contributed by atoms with van der Waals surface area (Å²) in [5, 5.41) is 5.26. The maximum absolute atomic E-state index is 6.78. The van der Waals surface area contributed by atoms with Gasteiger partial charge in [0.2, 0.25) is 0 Å². The highest BCUT2D eigenvalue weighted by Gasteiger charge is 2.24. The second kappa shape index (κ2) is 11.1. The summed E-state index contributed by atoms with van der Waals surface area (Å²) in [6.45, 7) is 9.34. The van der Waals surface area contributed by atoms with Crippen LogP contribution in [0.15, 0.2) is 109 Å². The third-order valence-corrected chi connectivity index (χ3v) is 11.2. The molecule has 0 aliphatic rings.